The van der Waals surface area contributed by atoms with Gasteiger partial charge in [0.05, 0.1) is 0 Å². The molecule has 1 aliphatic rings. The van der Waals surface area contributed by atoms with E-state index in [-0.39, 0.29) is 5.41 Å². The normalized spacial score (nSPS) is 16.0. The highest BCUT2D eigenvalue weighted by atomic mass is 32.2. The fourth-order valence-electron chi connectivity index (χ4n) is 3.54. The Hall–Kier alpha value is -1.79. The molecule has 0 bridgehead atoms. The van der Waals surface area contributed by atoms with Gasteiger partial charge in [0.1, 0.15) is 0 Å². The molecule has 0 aliphatic heterocycles. The molecule has 4 nitrogen and oxygen atoms in total. The lowest BCUT2D eigenvalue weighted by atomic mass is 9.73. The monoisotopic (exact) mass is 388 g/mol. The van der Waals surface area contributed by atoms with Gasteiger partial charge in [-0.05, 0) is 48.7 Å². The Labute approximate surface area is 162 Å². The van der Waals surface area contributed by atoms with Gasteiger partial charge >= 0.3 is 11.8 Å². The second-order valence-electron chi connectivity index (χ2n) is 6.69. The number of hydrogen-bond donors (Lipinski definition) is 2. The van der Waals surface area contributed by atoms with E-state index in [1.807, 2.05) is 24.5 Å². The number of thioether (sulfide) groups is 1. The fourth-order valence-corrected chi connectivity index (χ4v) is 4.98. The van der Waals surface area contributed by atoms with Gasteiger partial charge in [-0.1, -0.05) is 31.4 Å². The maximum absolute atomic E-state index is 12.3. The minimum Gasteiger partial charge on any atom is -0.347 e. The Bertz CT molecular complexity index is 753. The first-order valence-corrected chi connectivity index (χ1v) is 11.0. The van der Waals surface area contributed by atoms with Crippen molar-refractivity contribution < 1.29 is 9.59 Å². The van der Waals surface area contributed by atoms with E-state index >= 15 is 0 Å². The van der Waals surface area contributed by atoms with E-state index < -0.39 is 11.8 Å². The Morgan fingerprint density at radius 3 is 2.62 bits per heavy atom. The van der Waals surface area contributed by atoms with E-state index in [1.165, 1.54) is 24.1 Å². The predicted molar refractivity (Wildman–Crippen MR) is 109 cm³/mol. The number of rotatable bonds is 5. The van der Waals surface area contributed by atoms with Crippen molar-refractivity contribution in [3.63, 3.8) is 0 Å². The van der Waals surface area contributed by atoms with Gasteiger partial charge in [0, 0.05) is 27.4 Å². The summed E-state index contributed by atoms with van der Waals surface area (Å²) >= 11 is 3.34. The average molecular weight is 389 g/mol. The second-order valence-corrected chi connectivity index (χ2v) is 8.51. The fraction of sp³-hybridized carbons (Fsp3) is 0.400. The summed E-state index contributed by atoms with van der Waals surface area (Å²) in [5.74, 6) is -1.18. The topological polar surface area (TPSA) is 58.2 Å². The quantitative estimate of drug-likeness (QED) is 0.589. The molecule has 1 saturated carbocycles. The number of anilines is 1. The predicted octanol–water partition coefficient (Wildman–Crippen LogP) is 4.43. The van der Waals surface area contributed by atoms with Crippen molar-refractivity contribution >= 4 is 40.6 Å². The van der Waals surface area contributed by atoms with E-state index in [4.69, 9.17) is 0 Å². The molecule has 26 heavy (non-hydrogen) atoms. The SMILES string of the molecule is CSc1cccc(NC(=O)C(=O)NCC2(c3cccs3)CCCCC2)c1. The van der Waals surface area contributed by atoms with E-state index in [0.29, 0.717) is 12.2 Å². The molecule has 1 aromatic heterocycles. The van der Waals surface area contributed by atoms with Crippen LogP contribution in [0.1, 0.15) is 37.0 Å². The highest BCUT2D eigenvalue weighted by Gasteiger charge is 2.35. The smallest absolute Gasteiger partial charge is 0.313 e. The van der Waals surface area contributed by atoms with Crippen LogP contribution in [-0.2, 0) is 15.0 Å². The van der Waals surface area contributed by atoms with Crippen LogP contribution < -0.4 is 10.6 Å². The molecule has 2 aromatic rings. The zero-order chi connectivity index (χ0) is 18.4. The van der Waals surface area contributed by atoms with Gasteiger partial charge in [0.25, 0.3) is 0 Å². The number of carbonyl (C=O) groups excluding carboxylic acids is 2. The van der Waals surface area contributed by atoms with Gasteiger partial charge in [0.15, 0.2) is 0 Å². The van der Waals surface area contributed by atoms with Gasteiger partial charge in [-0.25, -0.2) is 0 Å². The van der Waals surface area contributed by atoms with Gasteiger partial charge in [-0.3, -0.25) is 9.59 Å². The van der Waals surface area contributed by atoms with Crippen LogP contribution in [0.3, 0.4) is 0 Å². The molecular weight excluding hydrogens is 364 g/mol. The van der Waals surface area contributed by atoms with E-state index in [9.17, 15) is 9.59 Å². The van der Waals surface area contributed by atoms with E-state index in [1.54, 1.807) is 29.2 Å². The summed E-state index contributed by atoms with van der Waals surface area (Å²) in [7, 11) is 0. The lowest BCUT2D eigenvalue weighted by Crippen LogP contribution is -2.45. The first-order chi connectivity index (χ1) is 12.6. The third-order valence-electron chi connectivity index (χ3n) is 4.98. The molecule has 2 amide bonds. The zero-order valence-corrected chi connectivity index (χ0v) is 16.6. The first kappa shape index (κ1) is 19.0. The van der Waals surface area contributed by atoms with Gasteiger partial charge in [-0.2, -0.15) is 0 Å². The molecule has 1 fully saturated rings. The maximum atomic E-state index is 12.3. The largest absolute Gasteiger partial charge is 0.347 e. The lowest BCUT2D eigenvalue weighted by Gasteiger charge is -2.36. The van der Waals surface area contributed by atoms with Crippen molar-refractivity contribution in [1.82, 2.24) is 5.32 Å². The summed E-state index contributed by atoms with van der Waals surface area (Å²) in [6.45, 7) is 0.518. The van der Waals surface area contributed by atoms with Crippen LogP contribution in [0.2, 0.25) is 0 Å². The minimum atomic E-state index is -0.611. The van der Waals surface area contributed by atoms with Crippen molar-refractivity contribution in [1.29, 1.82) is 0 Å². The number of benzene rings is 1. The summed E-state index contributed by atoms with van der Waals surface area (Å²) in [5.41, 5.74) is 0.615. The molecule has 138 valence electrons. The van der Waals surface area contributed by atoms with Crippen LogP contribution in [0.25, 0.3) is 0 Å². The molecule has 0 spiro atoms. The molecule has 1 aliphatic carbocycles. The van der Waals surface area contributed by atoms with Crippen LogP contribution in [0.15, 0.2) is 46.7 Å². The highest BCUT2D eigenvalue weighted by molar-refractivity contribution is 7.98. The number of amides is 2. The number of hydrogen-bond acceptors (Lipinski definition) is 4. The van der Waals surface area contributed by atoms with Crippen molar-refractivity contribution in [3.05, 3.63) is 46.7 Å². The van der Waals surface area contributed by atoms with Crippen LogP contribution in [0.5, 0.6) is 0 Å². The lowest BCUT2D eigenvalue weighted by molar-refractivity contribution is -0.136. The summed E-state index contributed by atoms with van der Waals surface area (Å²) in [6.07, 6.45) is 7.68. The van der Waals surface area contributed by atoms with Crippen LogP contribution in [0, 0.1) is 0 Å². The summed E-state index contributed by atoms with van der Waals surface area (Å²) in [6, 6.07) is 11.7. The molecule has 3 rings (SSSR count). The van der Waals surface area contributed by atoms with Crippen molar-refractivity contribution in [2.75, 3.05) is 18.1 Å². The number of carbonyl (C=O) groups is 2. The standard InChI is InChI=1S/C20H24N2O2S2/c1-25-16-8-5-7-15(13-16)22-19(24)18(23)21-14-20(10-3-2-4-11-20)17-9-6-12-26-17/h5-9,12-13H,2-4,10-11,14H2,1H3,(H,21,23)(H,22,24). The molecule has 0 unspecified atom stereocenters. The molecular formula is C20H24N2O2S2. The highest BCUT2D eigenvalue weighted by Crippen LogP contribution is 2.41. The van der Waals surface area contributed by atoms with E-state index in [0.717, 1.165) is 17.7 Å². The Morgan fingerprint density at radius 1 is 1.12 bits per heavy atom. The van der Waals surface area contributed by atoms with Crippen LogP contribution >= 0.6 is 23.1 Å². The third-order valence-corrected chi connectivity index (χ3v) is 6.82. The van der Waals surface area contributed by atoms with Crippen molar-refractivity contribution in [3.8, 4) is 0 Å². The Morgan fingerprint density at radius 2 is 1.92 bits per heavy atom. The molecule has 0 radical (unpaired) electrons. The number of nitrogens with one attached hydrogen (secondary N) is 2. The number of thiophene rings is 1. The molecule has 0 atom stereocenters. The van der Waals surface area contributed by atoms with Crippen molar-refractivity contribution in [2.24, 2.45) is 0 Å². The van der Waals surface area contributed by atoms with E-state index in [2.05, 4.69) is 28.1 Å². The summed E-state index contributed by atoms with van der Waals surface area (Å²) in [4.78, 5) is 26.9. The van der Waals surface area contributed by atoms with Crippen LogP contribution in [-0.4, -0.2) is 24.6 Å². The average Bonchev–Trinajstić information content (AvgIpc) is 3.22. The molecule has 6 heteroatoms. The molecule has 2 N–H and O–H groups in total. The molecule has 1 heterocycles. The van der Waals surface area contributed by atoms with Gasteiger partial charge in [0.2, 0.25) is 0 Å². The summed E-state index contributed by atoms with van der Waals surface area (Å²) in [5, 5.41) is 7.65. The maximum Gasteiger partial charge on any atom is 0.313 e. The zero-order valence-electron chi connectivity index (χ0n) is 14.9. The minimum absolute atomic E-state index is 0.0267. The molecule has 0 saturated heterocycles. The van der Waals surface area contributed by atoms with Crippen LogP contribution in [0.4, 0.5) is 5.69 Å². The third kappa shape index (κ3) is 4.48. The summed E-state index contributed by atoms with van der Waals surface area (Å²) < 4.78 is 0. The van der Waals surface area contributed by atoms with Crippen molar-refractivity contribution in [2.45, 2.75) is 42.4 Å². The second kappa shape index (κ2) is 8.73. The first-order valence-electron chi connectivity index (χ1n) is 8.90. The van der Waals surface area contributed by atoms with Gasteiger partial charge in [-0.15, -0.1) is 23.1 Å². The molecule has 1 aromatic carbocycles. The van der Waals surface area contributed by atoms with Gasteiger partial charge < -0.3 is 10.6 Å². The Balaban J connectivity index is 1.62. The Kier molecular flexibility index (Phi) is 6.38.